The van der Waals surface area contributed by atoms with E-state index in [1.54, 1.807) is 31.9 Å². The Morgan fingerprint density at radius 1 is 1.10 bits per heavy atom. The number of aryl methyl sites for hydroxylation is 3. The smallest absolute Gasteiger partial charge is 0.227 e. The van der Waals surface area contributed by atoms with E-state index in [1.165, 1.54) is 6.21 Å². The summed E-state index contributed by atoms with van der Waals surface area (Å²) in [4.78, 5) is 17.7. The fourth-order valence-corrected chi connectivity index (χ4v) is 5.02. The van der Waals surface area contributed by atoms with E-state index in [4.69, 9.17) is 15.5 Å². The average Bonchev–Trinajstić information content (AvgIpc) is 3.55. The maximum atomic E-state index is 7.73. The van der Waals surface area contributed by atoms with Crippen molar-refractivity contribution in [2.45, 2.75) is 25.3 Å². The van der Waals surface area contributed by atoms with Crippen molar-refractivity contribution < 1.29 is 0 Å². The van der Waals surface area contributed by atoms with E-state index in [1.807, 2.05) is 53.1 Å². The zero-order valence-corrected chi connectivity index (χ0v) is 21.8. The molecule has 0 radical (unpaired) electrons. The first-order valence-electron chi connectivity index (χ1n) is 12.8. The largest absolute Gasteiger partial charge is 0.321 e. The van der Waals surface area contributed by atoms with Crippen molar-refractivity contribution in [3.05, 3.63) is 89.8 Å². The van der Waals surface area contributed by atoms with Gasteiger partial charge in [-0.05, 0) is 41.7 Å². The molecule has 0 amide bonds. The number of nitrogens with zero attached hydrogens (tertiary/aromatic N) is 8. The number of fused-ring (bicyclic) bond motifs is 3. The SMILES string of the molecule is CN=CC(C=N)c1ccc(-c2c3c(nn2C)CCc2cnc(Nc4cnn(Cc5ccncc5)c4)nc2-3)cc1. The Kier molecular flexibility index (Phi) is 6.50. The quantitative estimate of drug-likeness (QED) is 0.294. The molecule has 2 N–H and O–H groups in total. The number of nitrogens with one attached hydrogen (secondary N) is 2. The summed E-state index contributed by atoms with van der Waals surface area (Å²) in [7, 11) is 3.70. The van der Waals surface area contributed by atoms with Gasteiger partial charge < -0.3 is 10.7 Å². The van der Waals surface area contributed by atoms with Gasteiger partial charge in [0.05, 0.1) is 41.4 Å². The fourth-order valence-electron chi connectivity index (χ4n) is 5.02. The highest BCUT2D eigenvalue weighted by Gasteiger charge is 2.27. The van der Waals surface area contributed by atoms with Crippen LogP contribution in [0.3, 0.4) is 0 Å². The third kappa shape index (κ3) is 4.84. The molecule has 1 aliphatic carbocycles. The molecule has 1 aliphatic rings. The van der Waals surface area contributed by atoms with E-state index in [0.717, 1.165) is 63.4 Å². The second-order valence-corrected chi connectivity index (χ2v) is 9.49. The number of rotatable bonds is 8. The van der Waals surface area contributed by atoms with Crippen LogP contribution in [0.2, 0.25) is 0 Å². The maximum absolute atomic E-state index is 7.73. The lowest BCUT2D eigenvalue weighted by atomic mass is 9.91. The molecular formula is C29H28N10. The maximum Gasteiger partial charge on any atom is 0.227 e. The van der Waals surface area contributed by atoms with Crippen LogP contribution in [0.15, 0.2) is 72.4 Å². The normalized spacial score (nSPS) is 13.2. The second kappa shape index (κ2) is 10.4. The van der Waals surface area contributed by atoms with E-state index in [9.17, 15) is 0 Å². The molecule has 39 heavy (non-hydrogen) atoms. The number of aliphatic imine (C=N–C) groups is 1. The monoisotopic (exact) mass is 516 g/mol. The van der Waals surface area contributed by atoms with Gasteiger partial charge in [-0.1, -0.05) is 24.3 Å². The molecular weight excluding hydrogens is 488 g/mol. The molecule has 0 saturated carbocycles. The molecule has 0 fully saturated rings. The Hall–Kier alpha value is -4.99. The topological polar surface area (TPSA) is 123 Å². The molecule has 1 atom stereocenters. The highest BCUT2D eigenvalue weighted by molar-refractivity contribution is 5.89. The molecule has 4 heterocycles. The second-order valence-electron chi connectivity index (χ2n) is 9.49. The summed E-state index contributed by atoms with van der Waals surface area (Å²) >= 11 is 0. The van der Waals surface area contributed by atoms with Gasteiger partial charge in [-0.3, -0.25) is 19.3 Å². The summed E-state index contributed by atoms with van der Waals surface area (Å²) in [6, 6.07) is 12.2. The van der Waals surface area contributed by atoms with Crippen molar-refractivity contribution in [1.82, 2.24) is 34.5 Å². The minimum Gasteiger partial charge on any atom is -0.321 e. The first-order valence-corrected chi connectivity index (χ1v) is 12.8. The number of hydrogen-bond acceptors (Lipinski definition) is 8. The van der Waals surface area contributed by atoms with Crippen LogP contribution in [0.4, 0.5) is 11.6 Å². The van der Waals surface area contributed by atoms with Crippen LogP contribution in [0.5, 0.6) is 0 Å². The predicted molar refractivity (Wildman–Crippen MR) is 152 cm³/mol. The first kappa shape index (κ1) is 24.4. The molecule has 10 heteroatoms. The average molecular weight is 517 g/mol. The van der Waals surface area contributed by atoms with Crippen LogP contribution in [-0.4, -0.2) is 54.0 Å². The summed E-state index contributed by atoms with van der Waals surface area (Å²) in [5, 5.41) is 20.4. The highest BCUT2D eigenvalue weighted by atomic mass is 15.3. The standard InChI is InChI=1S/C29H28N10/c1-31-14-23(13-30)20-3-5-21(6-4-20)28-26-25(37-38(28)2)8-7-22-15-33-29(36-27(22)26)35-24-16-34-39(18-24)17-19-9-11-32-12-10-19/h3-6,9-16,18,23,30H,7-8,17H2,1-2H3,(H,33,35,36). The van der Waals surface area contributed by atoms with Gasteiger partial charge >= 0.3 is 0 Å². The lowest BCUT2D eigenvalue weighted by Gasteiger charge is -2.17. The van der Waals surface area contributed by atoms with Gasteiger partial charge in [0, 0.05) is 62.4 Å². The van der Waals surface area contributed by atoms with Gasteiger partial charge in [0.15, 0.2) is 0 Å². The molecule has 1 unspecified atom stereocenters. The third-order valence-corrected chi connectivity index (χ3v) is 6.89. The van der Waals surface area contributed by atoms with Gasteiger partial charge in [0.25, 0.3) is 0 Å². The molecule has 1 aromatic carbocycles. The lowest BCUT2D eigenvalue weighted by molar-refractivity contribution is 0.686. The minimum atomic E-state index is -0.138. The summed E-state index contributed by atoms with van der Waals surface area (Å²) in [5.41, 5.74) is 9.12. The number of hydrogen-bond donors (Lipinski definition) is 2. The van der Waals surface area contributed by atoms with Crippen LogP contribution in [0, 0.1) is 5.41 Å². The molecule has 6 rings (SSSR count). The Bertz CT molecular complexity index is 1650. The number of aromatic nitrogens is 7. The number of pyridine rings is 1. The van der Waals surface area contributed by atoms with Crippen LogP contribution in [0.1, 0.15) is 28.3 Å². The van der Waals surface area contributed by atoms with Crippen molar-refractivity contribution in [3.63, 3.8) is 0 Å². The highest BCUT2D eigenvalue weighted by Crippen LogP contribution is 2.39. The van der Waals surface area contributed by atoms with Crippen molar-refractivity contribution in [3.8, 4) is 22.5 Å². The van der Waals surface area contributed by atoms with E-state index in [-0.39, 0.29) is 5.92 Å². The summed E-state index contributed by atoms with van der Waals surface area (Å²) in [5.74, 6) is 0.378. The minimum absolute atomic E-state index is 0.138. The summed E-state index contributed by atoms with van der Waals surface area (Å²) in [6.45, 7) is 0.655. The molecule has 10 nitrogen and oxygen atoms in total. The van der Waals surface area contributed by atoms with Gasteiger partial charge in [-0.25, -0.2) is 9.97 Å². The van der Waals surface area contributed by atoms with Crippen LogP contribution in [0.25, 0.3) is 22.5 Å². The summed E-state index contributed by atoms with van der Waals surface area (Å²) in [6.07, 6.45) is 14.1. The van der Waals surface area contributed by atoms with E-state index < -0.39 is 0 Å². The van der Waals surface area contributed by atoms with Crippen molar-refractivity contribution in [2.24, 2.45) is 12.0 Å². The van der Waals surface area contributed by atoms with E-state index in [2.05, 4.69) is 37.5 Å². The number of benzene rings is 1. The predicted octanol–water partition coefficient (Wildman–Crippen LogP) is 4.46. The van der Waals surface area contributed by atoms with Gasteiger partial charge in [0.2, 0.25) is 5.95 Å². The molecule has 4 aromatic heterocycles. The number of anilines is 2. The molecule has 194 valence electrons. The molecule has 0 saturated heterocycles. The van der Waals surface area contributed by atoms with E-state index >= 15 is 0 Å². The van der Waals surface area contributed by atoms with E-state index in [0.29, 0.717) is 12.5 Å². The Labute approximate surface area is 226 Å². The van der Waals surface area contributed by atoms with Crippen molar-refractivity contribution >= 4 is 24.1 Å². The Balaban J connectivity index is 1.30. The van der Waals surface area contributed by atoms with Crippen molar-refractivity contribution in [2.75, 3.05) is 12.4 Å². The molecule has 0 spiro atoms. The van der Waals surface area contributed by atoms with Gasteiger partial charge in [-0.15, -0.1) is 0 Å². The van der Waals surface area contributed by atoms with Gasteiger partial charge in [0.1, 0.15) is 0 Å². The third-order valence-electron chi connectivity index (χ3n) is 6.89. The van der Waals surface area contributed by atoms with Gasteiger partial charge in [-0.2, -0.15) is 10.2 Å². The lowest BCUT2D eigenvalue weighted by Crippen LogP contribution is -2.08. The Morgan fingerprint density at radius 3 is 2.69 bits per heavy atom. The van der Waals surface area contributed by atoms with Crippen LogP contribution < -0.4 is 5.32 Å². The molecule has 5 aromatic rings. The fraction of sp³-hybridized carbons (Fsp3) is 0.207. The molecule has 0 bridgehead atoms. The van der Waals surface area contributed by atoms with Crippen LogP contribution in [-0.2, 0) is 26.4 Å². The summed E-state index contributed by atoms with van der Waals surface area (Å²) < 4.78 is 3.81. The zero-order valence-electron chi connectivity index (χ0n) is 21.8. The van der Waals surface area contributed by atoms with Crippen LogP contribution >= 0.6 is 0 Å². The Morgan fingerprint density at radius 2 is 1.92 bits per heavy atom. The molecule has 0 aliphatic heterocycles. The van der Waals surface area contributed by atoms with Crippen molar-refractivity contribution in [1.29, 1.82) is 5.41 Å². The first-order chi connectivity index (χ1) is 19.1. The zero-order chi connectivity index (χ0) is 26.8.